The minimum Gasteiger partial charge on any atom is -0.394 e. The molecule has 1 aliphatic heterocycles. The highest BCUT2D eigenvalue weighted by molar-refractivity contribution is 6.49. The number of nitrogens with zero attached hydrogens (tertiary/aromatic N) is 3. The first-order valence-corrected chi connectivity index (χ1v) is 6.83. The molecule has 1 aliphatic rings. The molecule has 10 heteroatoms. The number of aromatic nitrogens is 3. The Morgan fingerprint density at radius 1 is 1.38 bits per heavy atom. The van der Waals surface area contributed by atoms with Crippen LogP contribution in [0.1, 0.15) is 6.23 Å². The lowest BCUT2D eigenvalue weighted by molar-refractivity contribution is -0.0432. The van der Waals surface area contributed by atoms with Crippen molar-refractivity contribution in [1.29, 1.82) is 0 Å². The Kier molecular flexibility index (Phi) is 3.38. The molecule has 0 radical (unpaired) electrons. The van der Waals surface area contributed by atoms with Gasteiger partial charge in [-0.2, -0.15) is 9.97 Å². The molecule has 0 aromatic carbocycles. The summed E-state index contributed by atoms with van der Waals surface area (Å²) in [5.74, 6) is 0.204. The number of aliphatic hydroxyl groups excluding tert-OH is 2. The van der Waals surface area contributed by atoms with E-state index in [2.05, 4.69) is 9.97 Å². The van der Waals surface area contributed by atoms with Gasteiger partial charge < -0.3 is 31.0 Å². The monoisotopic (exact) mass is 333 g/mol. The van der Waals surface area contributed by atoms with E-state index in [0.29, 0.717) is 11.0 Å². The van der Waals surface area contributed by atoms with Crippen molar-refractivity contribution in [3.8, 4) is 0 Å². The van der Waals surface area contributed by atoms with Crippen LogP contribution in [0.2, 0.25) is 0 Å². The molecule has 3 atom stereocenters. The van der Waals surface area contributed by atoms with Gasteiger partial charge in [0.05, 0.1) is 12.0 Å². The van der Waals surface area contributed by atoms with Crippen LogP contribution < -0.4 is 11.5 Å². The molecule has 2 aromatic rings. The fourth-order valence-electron chi connectivity index (χ4n) is 2.38. The van der Waals surface area contributed by atoms with Gasteiger partial charge in [0.25, 0.3) is 0 Å². The predicted octanol–water partition coefficient (Wildman–Crippen LogP) is 0.0202. The highest BCUT2D eigenvalue weighted by Gasteiger charge is 2.55. The average molecular weight is 334 g/mol. The Morgan fingerprint density at radius 2 is 2.10 bits per heavy atom. The average Bonchev–Trinajstić information content (AvgIpc) is 2.91. The number of nitrogen functional groups attached to an aromatic ring is 2. The maximum absolute atomic E-state index is 10.0. The molecule has 2 aromatic heterocycles. The van der Waals surface area contributed by atoms with Gasteiger partial charge in [-0.05, 0) is 6.07 Å². The molecule has 0 aliphatic carbocycles. The second kappa shape index (κ2) is 4.85. The van der Waals surface area contributed by atoms with E-state index in [-0.39, 0.29) is 11.8 Å². The first-order valence-electron chi connectivity index (χ1n) is 6.08. The van der Waals surface area contributed by atoms with Crippen LogP contribution in [-0.2, 0) is 4.74 Å². The fourth-order valence-corrected chi connectivity index (χ4v) is 2.98. The Morgan fingerprint density at radius 3 is 2.71 bits per heavy atom. The number of alkyl halides is 2. The quantitative estimate of drug-likeness (QED) is 0.569. The molecule has 1 fully saturated rings. The summed E-state index contributed by atoms with van der Waals surface area (Å²) in [7, 11) is 0. The topological polar surface area (TPSA) is 132 Å². The van der Waals surface area contributed by atoms with E-state index in [1.165, 1.54) is 4.57 Å². The lowest BCUT2D eigenvalue weighted by Gasteiger charge is -2.24. The van der Waals surface area contributed by atoms with Gasteiger partial charge in [-0.15, -0.1) is 0 Å². The predicted molar refractivity (Wildman–Crippen MR) is 77.8 cm³/mol. The molecular formula is C11H13Cl2N5O3. The molecule has 1 saturated heterocycles. The van der Waals surface area contributed by atoms with Crippen molar-refractivity contribution in [2.45, 2.75) is 22.8 Å². The summed E-state index contributed by atoms with van der Waals surface area (Å²) in [4.78, 5) is 7.95. The van der Waals surface area contributed by atoms with Crippen molar-refractivity contribution < 1.29 is 14.9 Å². The van der Waals surface area contributed by atoms with Crippen molar-refractivity contribution in [3.63, 3.8) is 0 Å². The SMILES string of the molecule is Nc1nc(N)c2ccn([C@@H]3O[C@H](CO)[C@H](O)C3(Cl)Cl)c2n1. The van der Waals surface area contributed by atoms with Gasteiger partial charge in [0.15, 0.2) is 10.6 Å². The molecule has 8 nitrogen and oxygen atoms in total. The number of halogens is 2. The van der Waals surface area contributed by atoms with Crippen molar-refractivity contribution in [1.82, 2.24) is 14.5 Å². The maximum atomic E-state index is 10.0. The van der Waals surface area contributed by atoms with Crippen LogP contribution in [0.3, 0.4) is 0 Å². The van der Waals surface area contributed by atoms with Gasteiger partial charge in [0, 0.05) is 6.20 Å². The zero-order chi connectivity index (χ0) is 15.4. The summed E-state index contributed by atoms with van der Waals surface area (Å²) < 4.78 is 5.37. The van der Waals surface area contributed by atoms with Crippen LogP contribution in [0.5, 0.6) is 0 Å². The zero-order valence-corrected chi connectivity index (χ0v) is 12.2. The van der Waals surface area contributed by atoms with Crippen molar-refractivity contribution in [3.05, 3.63) is 12.3 Å². The maximum Gasteiger partial charge on any atom is 0.223 e. The summed E-state index contributed by atoms with van der Waals surface area (Å²) in [6, 6.07) is 1.66. The number of aliphatic hydroxyl groups is 2. The number of fused-ring (bicyclic) bond motifs is 1. The number of rotatable bonds is 2. The van der Waals surface area contributed by atoms with Gasteiger partial charge in [0.1, 0.15) is 23.7 Å². The van der Waals surface area contributed by atoms with Gasteiger partial charge in [-0.25, -0.2) is 0 Å². The molecule has 0 spiro atoms. The van der Waals surface area contributed by atoms with Crippen LogP contribution in [-0.4, -0.2) is 47.9 Å². The lowest BCUT2D eigenvalue weighted by Crippen LogP contribution is -2.37. The minimum atomic E-state index is -1.66. The van der Waals surface area contributed by atoms with E-state index < -0.39 is 29.4 Å². The summed E-state index contributed by atoms with van der Waals surface area (Å²) >= 11 is 12.4. The lowest BCUT2D eigenvalue weighted by atomic mass is 10.2. The fraction of sp³-hybridized carbons (Fsp3) is 0.455. The van der Waals surface area contributed by atoms with Crippen molar-refractivity contribution >= 4 is 46.0 Å². The molecule has 0 amide bonds. The van der Waals surface area contributed by atoms with Gasteiger partial charge in [-0.3, -0.25) is 0 Å². The largest absolute Gasteiger partial charge is 0.394 e. The molecule has 0 saturated carbocycles. The number of nitrogens with two attached hydrogens (primary N) is 2. The molecule has 0 bridgehead atoms. The number of ether oxygens (including phenoxy) is 1. The third-order valence-electron chi connectivity index (χ3n) is 3.43. The van der Waals surface area contributed by atoms with E-state index in [1.807, 2.05) is 0 Å². The standard InChI is InChI=1S/C11H13Cl2N5O3/c12-11(13)6(20)5(3-19)21-9(11)18-2-1-4-7(14)16-10(15)17-8(4)18/h1-2,5-6,9,19-20H,3H2,(H4,14,15,16,17)/t5-,6+,9-/m1/s1. The molecule has 21 heavy (non-hydrogen) atoms. The van der Waals surface area contributed by atoms with Crippen molar-refractivity contribution in [2.24, 2.45) is 0 Å². The van der Waals surface area contributed by atoms with Gasteiger partial charge >= 0.3 is 0 Å². The first-order chi connectivity index (χ1) is 9.86. The highest BCUT2D eigenvalue weighted by Crippen LogP contribution is 2.47. The summed E-state index contributed by atoms with van der Waals surface area (Å²) in [6.45, 7) is -0.419. The van der Waals surface area contributed by atoms with E-state index in [1.54, 1.807) is 12.3 Å². The minimum absolute atomic E-state index is 0.00746. The normalized spacial score (nSPS) is 28.3. The van der Waals surface area contributed by atoms with Gasteiger partial charge in [0.2, 0.25) is 5.95 Å². The van der Waals surface area contributed by atoms with E-state index in [4.69, 9.17) is 39.4 Å². The Hall–Kier alpha value is -1.32. The van der Waals surface area contributed by atoms with Gasteiger partial charge in [-0.1, -0.05) is 23.2 Å². The number of anilines is 2. The Balaban J connectivity index is 2.13. The van der Waals surface area contributed by atoms with E-state index in [0.717, 1.165) is 0 Å². The third-order valence-corrected chi connectivity index (χ3v) is 4.25. The molecule has 0 unspecified atom stereocenters. The van der Waals surface area contributed by atoms with E-state index in [9.17, 15) is 10.2 Å². The third kappa shape index (κ3) is 2.11. The summed E-state index contributed by atoms with van der Waals surface area (Å²) in [5, 5.41) is 19.8. The molecular weight excluding hydrogens is 321 g/mol. The molecule has 114 valence electrons. The highest BCUT2D eigenvalue weighted by atomic mass is 35.5. The number of hydrogen-bond donors (Lipinski definition) is 4. The van der Waals surface area contributed by atoms with Crippen LogP contribution >= 0.6 is 23.2 Å². The summed E-state index contributed by atoms with van der Waals surface area (Å²) in [6.07, 6.45) is -1.52. The van der Waals surface area contributed by atoms with Crippen LogP contribution in [0.25, 0.3) is 11.0 Å². The van der Waals surface area contributed by atoms with Crippen LogP contribution in [0, 0.1) is 0 Å². The number of hydrogen-bond acceptors (Lipinski definition) is 7. The second-order valence-electron chi connectivity index (χ2n) is 4.76. The smallest absolute Gasteiger partial charge is 0.223 e. The first kappa shape index (κ1) is 14.6. The van der Waals surface area contributed by atoms with Crippen LogP contribution in [0.4, 0.5) is 11.8 Å². The molecule has 3 heterocycles. The second-order valence-corrected chi connectivity index (χ2v) is 6.20. The Labute approximate surface area is 129 Å². The molecule has 3 rings (SSSR count). The van der Waals surface area contributed by atoms with E-state index >= 15 is 0 Å². The molecule has 6 N–H and O–H groups in total. The van der Waals surface area contributed by atoms with Crippen molar-refractivity contribution in [2.75, 3.05) is 18.1 Å². The zero-order valence-electron chi connectivity index (χ0n) is 10.6. The van der Waals surface area contributed by atoms with Crippen LogP contribution in [0.15, 0.2) is 12.3 Å². The Bertz CT molecular complexity index is 692. The summed E-state index contributed by atoms with van der Waals surface area (Å²) in [5.41, 5.74) is 11.7.